The third-order valence-corrected chi connectivity index (χ3v) is 5.90. The van der Waals surface area contributed by atoms with Crippen LogP contribution in [0.5, 0.6) is 0 Å². The molecular formula is C23H29ClN4O. The summed E-state index contributed by atoms with van der Waals surface area (Å²) in [5.41, 5.74) is 4.48. The van der Waals surface area contributed by atoms with E-state index >= 15 is 0 Å². The molecule has 1 saturated heterocycles. The van der Waals surface area contributed by atoms with E-state index < -0.39 is 0 Å². The molecule has 0 unspecified atom stereocenters. The van der Waals surface area contributed by atoms with E-state index in [4.69, 9.17) is 21.3 Å². The maximum absolute atomic E-state index is 6.15. The molecule has 0 bridgehead atoms. The first-order valence-electron chi connectivity index (χ1n) is 10.2. The van der Waals surface area contributed by atoms with Gasteiger partial charge in [-0.05, 0) is 55.9 Å². The molecule has 0 aliphatic carbocycles. The molecule has 4 rings (SSSR count). The topological polar surface area (TPSA) is 48.9 Å². The van der Waals surface area contributed by atoms with E-state index in [1.807, 2.05) is 18.2 Å². The quantitative estimate of drug-likeness (QED) is 0.762. The molecule has 2 aromatic carbocycles. The van der Waals surface area contributed by atoms with Crippen molar-refractivity contribution in [2.75, 3.05) is 44.5 Å². The number of rotatable bonds is 5. The van der Waals surface area contributed by atoms with Crippen molar-refractivity contribution in [3.63, 3.8) is 0 Å². The zero-order valence-electron chi connectivity index (χ0n) is 17.2. The fraction of sp³-hybridized carbons (Fsp3) is 0.435. The molecule has 29 heavy (non-hydrogen) atoms. The summed E-state index contributed by atoms with van der Waals surface area (Å²) in [6.07, 6.45) is 2.82. The van der Waals surface area contributed by atoms with Gasteiger partial charge in [0, 0.05) is 37.6 Å². The molecule has 154 valence electrons. The minimum absolute atomic E-state index is 0.199. The highest BCUT2D eigenvalue weighted by atomic mass is 35.5. The molecule has 2 aliphatic rings. The number of anilines is 2. The van der Waals surface area contributed by atoms with Crippen LogP contribution in [0.1, 0.15) is 24.0 Å². The van der Waals surface area contributed by atoms with Gasteiger partial charge in [0.25, 0.3) is 0 Å². The van der Waals surface area contributed by atoms with E-state index in [1.54, 1.807) is 0 Å². The maximum Gasteiger partial charge on any atom is 0.127 e. The summed E-state index contributed by atoms with van der Waals surface area (Å²) in [5, 5.41) is 8.19. The van der Waals surface area contributed by atoms with Gasteiger partial charge in [-0.25, -0.2) is 0 Å². The Kier molecular flexibility index (Phi) is 6.09. The van der Waals surface area contributed by atoms with Crippen molar-refractivity contribution >= 4 is 28.8 Å². The lowest BCUT2D eigenvalue weighted by atomic mass is 9.85. The third kappa shape index (κ3) is 4.74. The lowest BCUT2D eigenvalue weighted by Gasteiger charge is -2.44. The highest BCUT2D eigenvalue weighted by Gasteiger charge is 2.41. The van der Waals surface area contributed by atoms with E-state index in [2.05, 4.69) is 53.9 Å². The van der Waals surface area contributed by atoms with Crippen LogP contribution < -0.4 is 10.6 Å². The Balaban J connectivity index is 1.61. The molecule has 2 aliphatic heterocycles. The van der Waals surface area contributed by atoms with Gasteiger partial charge in [0.1, 0.15) is 5.84 Å². The summed E-state index contributed by atoms with van der Waals surface area (Å²) in [6.45, 7) is 3.11. The van der Waals surface area contributed by atoms with Crippen LogP contribution in [0.3, 0.4) is 0 Å². The zero-order valence-corrected chi connectivity index (χ0v) is 17.9. The molecule has 0 radical (unpaired) electrons. The standard InChI is InChI=1S/C23H29ClN4O/c1-28(2)11-8-17-6-7-20-21(15-17)26-22(23(27-20)9-12-29-13-10-23)25-16-18-4-3-5-19(24)14-18/h3-7,14-15,27H,8-13,16H2,1-2H3,(H,25,26). The minimum atomic E-state index is -0.199. The van der Waals surface area contributed by atoms with Crippen molar-refractivity contribution in [3.8, 4) is 0 Å². The summed E-state index contributed by atoms with van der Waals surface area (Å²) in [4.78, 5) is 7.20. The van der Waals surface area contributed by atoms with Crippen LogP contribution in [0.25, 0.3) is 0 Å². The van der Waals surface area contributed by atoms with E-state index in [-0.39, 0.29) is 5.54 Å². The predicted molar refractivity (Wildman–Crippen MR) is 121 cm³/mol. The van der Waals surface area contributed by atoms with Gasteiger partial charge in [-0.15, -0.1) is 0 Å². The van der Waals surface area contributed by atoms with Gasteiger partial charge in [-0.2, -0.15) is 0 Å². The highest BCUT2D eigenvalue weighted by Crippen LogP contribution is 2.37. The van der Waals surface area contributed by atoms with E-state index in [0.717, 1.165) is 66.8 Å². The van der Waals surface area contributed by atoms with Crippen LogP contribution in [-0.4, -0.2) is 50.1 Å². The highest BCUT2D eigenvalue weighted by molar-refractivity contribution is 6.30. The minimum Gasteiger partial charge on any atom is -0.381 e. The van der Waals surface area contributed by atoms with Crippen molar-refractivity contribution < 1.29 is 4.74 Å². The average Bonchev–Trinajstić information content (AvgIpc) is 2.71. The fourth-order valence-corrected chi connectivity index (χ4v) is 4.17. The molecule has 2 N–H and O–H groups in total. The van der Waals surface area contributed by atoms with Gasteiger partial charge in [-0.3, -0.25) is 4.99 Å². The second-order valence-corrected chi connectivity index (χ2v) is 8.61. The van der Waals surface area contributed by atoms with Crippen LogP contribution in [0.2, 0.25) is 5.02 Å². The molecule has 0 saturated carbocycles. The Bertz CT molecular complexity index is 890. The fourth-order valence-electron chi connectivity index (χ4n) is 3.95. The molecule has 0 amide bonds. The van der Waals surface area contributed by atoms with Crippen LogP contribution in [-0.2, 0) is 17.7 Å². The van der Waals surface area contributed by atoms with Crippen molar-refractivity contribution in [2.45, 2.75) is 31.3 Å². The zero-order chi connectivity index (χ0) is 20.3. The summed E-state index contributed by atoms with van der Waals surface area (Å²) >= 11 is 6.15. The van der Waals surface area contributed by atoms with Gasteiger partial charge < -0.3 is 20.3 Å². The van der Waals surface area contributed by atoms with E-state index in [9.17, 15) is 0 Å². The lowest BCUT2D eigenvalue weighted by Crippen LogP contribution is -2.55. The predicted octanol–water partition coefficient (Wildman–Crippen LogP) is 4.43. The molecule has 5 nitrogen and oxygen atoms in total. The average molecular weight is 413 g/mol. The van der Waals surface area contributed by atoms with Crippen molar-refractivity contribution in [1.29, 1.82) is 0 Å². The number of amidine groups is 1. The molecule has 0 aromatic heterocycles. The summed E-state index contributed by atoms with van der Waals surface area (Å²) in [7, 11) is 4.21. The Morgan fingerprint density at radius 2 is 1.90 bits per heavy atom. The van der Waals surface area contributed by atoms with Crippen molar-refractivity contribution in [2.24, 2.45) is 4.99 Å². The summed E-state index contributed by atoms with van der Waals surface area (Å²) < 4.78 is 5.64. The molecule has 1 fully saturated rings. The number of likely N-dealkylation sites (N-methyl/N-ethyl adjacent to an activating group) is 1. The number of fused-ring (bicyclic) bond motifs is 1. The van der Waals surface area contributed by atoms with Crippen molar-refractivity contribution in [1.82, 2.24) is 4.90 Å². The monoisotopic (exact) mass is 412 g/mol. The Hall–Kier alpha value is -2.08. The first kappa shape index (κ1) is 20.2. The molecule has 6 heteroatoms. The largest absolute Gasteiger partial charge is 0.381 e. The van der Waals surface area contributed by atoms with Crippen LogP contribution in [0.15, 0.2) is 47.5 Å². The number of ether oxygens (including phenoxy) is 1. The smallest absolute Gasteiger partial charge is 0.127 e. The third-order valence-electron chi connectivity index (χ3n) is 5.67. The van der Waals surface area contributed by atoms with Crippen LogP contribution >= 0.6 is 11.6 Å². The molecule has 1 spiro atoms. The number of nitrogens with one attached hydrogen (secondary N) is 2. The normalized spacial score (nSPS) is 19.1. The van der Waals surface area contributed by atoms with Gasteiger partial charge >= 0.3 is 0 Å². The number of halogens is 1. The molecule has 0 atom stereocenters. The summed E-state index contributed by atoms with van der Waals surface area (Å²) in [5.74, 6) is 0.998. The Morgan fingerprint density at radius 1 is 1.07 bits per heavy atom. The molecule has 2 heterocycles. The van der Waals surface area contributed by atoms with E-state index in [0.29, 0.717) is 6.54 Å². The molecular weight excluding hydrogens is 384 g/mol. The first-order valence-corrected chi connectivity index (χ1v) is 10.6. The molecule has 2 aromatic rings. The van der Waals surface area contributed by atoms with Crippen LogP contribution in [0, 0.1) is 0 Å². The van der Waals surface area contributed by atoms with Gasteiger partial charge in [0.05, 0.1) is 23.5 Å². The summed E-state index contributed by atoms with van der Waals surface area (Å²) in [6, 6.07) is 14.6. The van der Waals surface area contributed by atoms with Gasteiger partial charge in [0.2, 0.25) is 0 Å². The van der Waals surface area contributed by atoms with Gasteiger partial charge in [0.15, 0.2) is 0 Å². The van der Waals surface area contributed by atoms with Gasteiger partial charge in [-0.1, -0.05) is 29.8 Å². The van der Waals surface area contributed by atoms with E-state index in [1.165, 1.54) is 5.56 Å². The second kappa shape index (κ2) is 8.74. The van der Waals surface area contributed by atoms with Crippen LogP contribution in [0.4, 0.5) is 11.4 Å². The Labute approximate surface area is 178 Å². The maximum atomic E-state index is 6.15. The number of benzene rings is 2. The number of hydrogen-bond donors (Lipinski definition) is 2. The number of aliphatic imine (C=N–C) groups is 1. The first-order chi connectivity index (χ1) is 14.0. The van der Waals surface area contributed by atoms with Crippen molar-refractivity contribution in [3.05, 3.63) is 58.6 Å². The second-order valence-electron chi connectivity index (χ2n) is 8.17. The lowest BCUT2D eigenvalue weighted by molar-refractivity contribution is 0.0778. The number of hydrogen-bond acceptors (Lipinski definition) is 4. The Morgan fingerprint density at radius 3 is 2.66 bits per heavy atom. The SMILES string of the molecule is CN(C)CCc1ccc2c(c1)NC(=NCc1cccc(Cl)c1)C1(CCOCC1)N2. The number of nitrogens with zero attached hydrogens (tertiary/aromatic N) is 2.